The van der Waals surface area contributed by atoms with Crippen LogP contribution in [0, 0.1) is 0 Å². The second-order valence-electron chi connectivity index (χ2n) is 5.89. The van der Waals surface area contributed by atoms with Crippen LogP contribution in [0.2, 0.25) is 0 Å². The summed E-state index contributed by atoms with van der Waals surface area (Å²) in [5, 5.41) is 11.8. The molecule has 0 aliphatic heterocycles. The first-order valence-corrected chi connectivity index (χ1v) is 8.86. The molecule has 0 bridgehead atoms. The number of unbranched alkanes of at least 4 members (excludes halogenated alkanes) is 7. The van der Waals surface area contributed by atoms with Gasteiger partial charge in [-0.25, -0.2) is 4.39 Å². The van der Waals surface area contributed by atoms with Crippen molar-refractivity contribution in [3.8, 4) is 0 Å². The number of rotatable bonds is 14. The van der Waals surface area contributed by atoms with Crippen LogP contribution in [0.4, 0.5) is 4.39 Å². The number of aliphatic hydroxyl groups is 1. The van der Waals surface area contributed by atoms with Crippen LogP contribution >= 0.6 is 0 Å². The molecule has 0 aliphatic carbocycles. The van der Waals surface area contributed by atoms with Gasteiger partial charge in [-0.1, -0.05) is 64.5 Å². The Bertz CT molecular complexity index is 295. The molecule has 0 aliphatic rings. The van der Waals surface area contributed by atoms with Gasteiger partial charge in [0.25, 0.3) is 0 Å². The lowest BCUT2D eigenvalue weighted by Gasteiger charge is -2.18. The Morgan fingerprint density at radius 2 is 1.73 bits per heavy atom. The lowest BCUT2D eigenvalue weighted by molar-refractivity contribution is -0.122. The molecule has 2 N–H and O–H groups in total. The molecule has 2 atom stereocenters. The number of carbonyl (C=O) groups is 1. The number of alkyl halides is 1. The van der Waals surface area contributed by atoms with Crippen molar-refractivity contribution in [2.24, 2.45) is 0 Å². The molecule has 0 fully saturated rings. The number of hydrogen-bond acceptors (Lipinski definition) is 2. The first-order chi connectivity index (χ1) is 10.7. The summed E-state index contributed by atoms with van der Waals surface area (Å²) in [6, 6.07) is -0.828. The first-order valence-electron chi connectivity index (χ1n) is 8.86. The fraction of sp³-hybridized carbons (Fsp3) is 0.833. The van der Waals surface area contributed by atoms with Crippen LogP contribution in [0.3, 0.4) is 0 Å². The van der Waals surface area contributed by atoms with Gasteiger partial charge in [0.1, 0.15) is 6.17 Å². The minimum atomic E-state index is -1.32. The number of hydrogen-bond donors (Lipinski definition) is 2. The van der Waals surface area contributed by atoms with E-state index in [2.05, 4.69) is 19.2 Å². The Balaban J connectivity index is 3.92. The molecule has 0 aromatic carbocycles. The maximum absolute atomic E-state index is 14.0. The van der Waals surface area contributed by atoms with Crippen LogP contribution in [0.25, 0.3) is 0 Å². The average Bonchev–Trinajstić information content (AvgIpc) is 2.51. The molecular formula is C18H34FNO2. The van der Waals surface area contributed by atoms with Crippen molar-refractivity contribution in [2.45, 2.75) is 90.3 Å². The third-order valence-electron chi connectivity index (χ3n) is 3.73. The minimum Gasteiger partial charge on any atom is -0.394 e. The summed E-state index contributed by atoms with van der Waals surface area (Å²) in [6.07, 6.45) is 12.0. The highest BCUT2D eigenvalue weighted by atomic mass is 19.1. The molecule has 1 amide bonds. The molecule has 0 aromatic heterocycles. The molecule has 0 rings (SSSR count). The maximum Gasteiger partial charge on any atom is 0.220 e. The normalized spacial score (nSPS) is 14.2. The van der Waals surface area contributed by atoms with Crippen LogP contribution in [-0.2, 0) is 4.79 Å². The lowest BCUT2D eigenvalue weighted by atomic mass is 10.1. The number of carbonyl (C=O) groups excluding carboxylic acids is 1. The molecule has 0 unspecified atom stereocenters. The number of halogens is 1. The van der Waals surface area contributed by atoms with Crippen molar-refractivity contribution < 1.29 is 14.3 Å². The molecule has 0 spiro atoms. The van der Waals surface area contributed by atoms with E-state index in [-0.39, 0.29) is 12.5 Å². The molecule has 0 saturated carbocycles. The molecule has 130 valence electrons. The highest BCUT2D eigenvalue weighted by Crippen LogP contribution is 2.08. The summed E-state index contributed by atoms with van der Waals surface area (Å²) >= 11 is 0. The monoisotopic (exact) mass is 317 g/mol. The van der Waals surface area contributed by atoms with Crippen molar-refractivity contribution in [2.75, 3.05) is 6.61 Å². The smallest absolute Gasteiger partial charge is 0.220 e. The van der Waals surface area contributed by atoms with Gasteiger partial charge in [0.15, 0.2) is 0 Å². The Morgan fingerprint density at radius 3 is 2.36 bits per heavy atom. The van der Waals surface area contributed by atoms with Crippen molar-refractivity contribution in [3.63, 3.8) is 0 Å². The maximum atomic E-state index is 14.0. The molecule has 0 heterocycles. The molecule has 0 aromatic rings. The quantitative estimate of drug-likeness (QED) is 0.371. The van der Waals surface area contributed by atoms with Gasteiger partial charge in [0.05, 0.1) is 12.6 Å². The number of amides is 1. The Morgan fingerprint density at radius 1 is 1.09 bits per heavy atom. The van der Waals surface area contributed by atoms with Crippen LogP contribution in [0.1, 0.15) is 78.1 Å². The van der Waals surface area contributed by atoms with E-state index >= 15 is 0 Å². The van der Waals surface area contributed by atoms with Gasteiger partial charge >= 0.3 is 0 Å². The molecule has 3 nitrogen and oxygen atoms in total. The van der Waals surface area contributed by atoms with E-state index in [9.17, 15) is 14.3 Å². The lowest BCUT2D eigenvalue weighted by Crippen LogP contribution is -2.43. The third-order valence-corrected chi connectivity index (χ3v) is 3.73. The summed E-state index contributed by atoms with van der Waals surface area (Å²) in [5.74, 6) is -0.178. The fourth-order valence-corrected chi connectivity index (χ4v) is 2.27. The Kier molecular flexibility index (Phi) is 14.4. The van der Waals surface area contributed by atoms with E-state index < -0.39 is 12.2 Å². The zero-order chi connectivity index (χ0) is 16.6. The van der Waals surface area contributed by atoms with Gasteiger partial charge in [-0.2, -0.15) is 0 Å². The van der Waals surface area contributed by atoms with Gasteiger partial charge in [-0.15, -0.1) is 0 Å². The second kappa shape index (κ2) is 15.0. The molecular weight excluding hydrogens is 283 g/mol. The van der Waals surface area contributed by atoms with E-state index in [0.717, 1.165) is 32.1 Å². The highest BCUT2D eigenvalue weighted by Gasteiger charge is 2.19. The average molecular weight is 317 g/mol. The SMILES string of the molecule is CCCCCCC/C=C/[C@H](F)[C@H](CO)N[14C](=O)CCCCC. The van der Waals surface area contributed by atoms with Crippen molar-refractivity contribution >= 4 is 5.91 Å². The van der Waals surface area contributed by atoms with E-state index in [1.807, 2.05) is 6.08 Å². The highest BCUT2D eigenvalue weighted by molar-refractivity contribution is 5.76. The van der Waals surface area contributed by atoms with Crippen molar-refractivity contribution in [1.29, 1.82) is 0 Å². The standard InChI is InChI=1S/C18H34FNO2/c1-3-5-7-8-9-10-12-13-16(19)17(15-21)20-18(22)14-11-6-4-2/h12-13,16-17,21H,3-11,14-15H2,1-2H3,(H,20,22)/b13-12+/t16-,17-/m0/s1/i18+2. The summed E-state index contributed by atoms with van der Waals surface area (Å²) < 4.78 is 14.0. The summed E-state index contributed by atoms with van der Waals surface area (Å²) in [5.41, 5.74) is 0. The van der Waals surface area contributed by atoms with Crippen LogP contribution in [-0.4, -0.2) is 29.8 Å². The summed E-state index contributed by atoms with van der Waals surface area (Å²) in [6.45, 7) is 3.87. The predicted octanol–water partition coefficient (Wildman–Crippen LogP) is 4.30. The number of allylic oxidation sites excluding steroid dienone is 1. The van der Waals surface area contributed by atoms with Crippen molar-refractivity contribution in [1.82, 2.24) is 5.32 Å². The summed E-state index contributed by atoms with van der Waals surface area (Å²) in [4.78, 5) is 11.7. The minimum absolute atomic E-state index is 0.178. The van der Waals surface area contributed by atoms with Gasteiger partial charge in [-0.05, 0) is 19.3 Å². The molecule has 0 radical (unpaired) electrons. The van der Waals surface area contributed by atoms with Crippen LogP contribution in [0.15, 0.2) is 12.2 Å². The largest absolute Gasteiger partial charge is 0.394 e. The molecule has 22 heavy (non-hydrogen) atoms. The third kappa shape index (κ3) is 11.7. The molecule has 0 saturated heterocycles. The zero-order valence-corrected chi connectivity index (χ0v) is 14.3. The van der Waals surface area contributed by atoms with Crippen LogP contribution in [0.5, 0.6) is 0 Å². The molecule has 4 heteroatoms. The van der Waals surface area contributed by atoms with E-state index in [0.29, 0.717) is 6.42 Å². The van der Waals surface area contributed by atoms with Gasteiger partial charge in [0, 0.05) is 6.42 Å². The summed E-state index contributed by atoms with van der Waals surface area (Å²) in [7, 11) is 0. The number of nitrogens with one attached hydrogen (secondary N) is 1. The zero-order valence-electron chi connectivity index (χ0n) is 14.3. The van der Waals surface area contributed by atoms with E-state index in [1.54, 1.807) is 0 Å². The Labute approximate surface area is 135 Å². The number of aliphatic hydroxyl groups excluding tert-OH is 1. The fourth-order valence-electron chi connectivity index (χ4n) is 2.27. The first kappa shape index (κ1) is 21.1. The van der Waals surface area contributed by atoms with E-state index in [4.69, 9.17) is 0 Å². The topological polar surface area (TPSA) is 49.3 Å². The van der Waals surface area contributed by atoms with Gasteiger partial charge in [-0.3, -0.25) is 4.79 Å². The predicted molar refractivity (Wildman–Crippen MR) is 90.6 cm³/mol. The second-order valence-corrected chi connectivity index (χ2v) is 5.89. The van der Waals surface area contributed by atoms with E-state index in [1.165, 1.54) is 31.8 Å². The Hall–Kier alpha value is -0.900. The van der Waals surface area contributed by atoms with Crippen molar-refractivity contribution in [3.05, 3.63) is 12.2 Å². The van der Waals surface area contributed by atoms with Gasteiger partial charge in [0.2, 0.25) is 5.91 Å². The van der Waals surface area contributed by atoms with Gasteiger partial charge < -0.3 is 10.4 Å². The van der Waals surface area contributed by atoms with Crippen LogP contribution < -0.4 is 5.32 Å².